The van der Waals surface area contributed by atoms with Gasteiger partial charge in [0.1, 0.15) is 18.3 Å². The van der Waals surface area contributed by atoms with E-state index < -0.39 is 5.97 Å². The van der Waals surface area contributed by atoms with Crippen LogP contribution >= 0.6 is 0 Å². The number of hydrogen-bond donors (Lipinski definition) is 1. The molecule has 8 heteroatoms. The summed E-state index contributed by atoms with van der Waals surface area (Å²) in [5, 5.41) is 9.44. The molecule has 1 N–H and O–H groups in total. The lowest BCUT2D eigenvalue weighted by molar-refractivity contribution is -0.218. The smallest absolute Gasteiger partial charge is 0.303 e. The predicted octanol–water partition coefficient (Wildman–Crippen LogP) is 3.60. The number of hydrogen-bond acceptors (Lipinski definition) is 7. The zero-order valence-electron chi connectivity index (χ0n) is 20.4. The zero-order chi connectivity index (χ0) is 24.7. The van der Waals surface area contributed by atoms with E-state index in [0.717, 1.165) is 38.5 Å². The maximum atomic E-state index is 11.6. The quantitative estimate of drug-likeness (QED) is 0.395. The van der Waals surface area contributed by atoms with Crippen molar-refractivity contribution >= 4 is 25.4 Å². The van der Waals surface area contributed by atoms with Crippen LogP contribution in [0.15, 0.2) is 0 Å². The summed E-state index contributed by atoms with van der Waals surface area (Å²) in [5.74, 6) is -0.0105. The maximum Gasteiger partial charge on any atom is 0.303 e. The van der Waals surface area contributed by atoms with E-state index in [-0.39, 0.29) is 71.1 Å². The van der Waals surface area contributed by atoms with Gasteiger partial charge in [0.25, 0.3) is 19.4 Å². The van der Waals surface area contributed by atoms with E-state index in [0.29, 0.717) is 25.8 Å². The van der Waals surface area contributed by atoms with Crippen LogP contribution in [0.3, 0.4) is 0 Å². The monoisotopic (exact) mass is 478 g/mol. The second kappa shape index (κ2) is 9.50. The number of rotatable bonds is 9. The molecule has 4 saturated carbocycles. The number of carbonyl (C=O) groups excluding carboxylic acids is 3. The van der Waals surface area contributed by atoms with Gasteiger partial charge < -0.3 is 19.3 Å². The largest absolute Gasteiger partial charge is 0.481 e. The van der Waals surface area contributed by atoms with Gasteiger partial charge in [-0.2, -0.15) is 0 Å². The predicted molar refractivity (Wildman–Crippen MR) is 120 cm³/mol. The van der Waals surface area contributed by atoms with Crippen LogP contribution in [0, 0.1) is 46.3 Å². The van der Waals surface area contributed by atoms with Crippen molar-refractivity contribution in [3.8, 4) is 0 Å². The number of carbonyl (C=O) groups is 4. The molecule has 4 aliphatic carbocycles. The molecule has 0 heterocycles. The van der Waals surface area contributed by atoms with E-state index in [9.17, 15) is 24.3 Å². The van der Waals surface area contributed by atoms with E-state index >= 15 is 0 Å². The minimum absolute atomic E-state index is 0.0350. The molecule has 4 rings (SSSR count). The molecule has 4 fully saturated rings. The molecule has 0 saturated heterocycles. The van der Waals surface area contributed by atoms with Gasteiger partial charge in [-0.25, -0.2) is 0 Å². The van der Waals surface area contributed by atoms with Crippen molar-refractivity contribution in [2.45, 2.75) is 90.4 Å². The van der Waals surface area contributed by atoms with E-state index in [2.05, 4.69) is 13.8 Å². The summed E-state index contributed by atoms with van der Waals surface area (Å²) in [6.07, 6.45) is 5.05. The van der Waals surface area contributed by atoms with Crippen molar-refractivity contribution in [1.29, 1.82) is 0 Å². The highest BCUT2D eigenvalue weighted by Crippen LogP contribution is 2.69. The molecule has 0 bridgehead atoms. The number of aliphatic carboxylic acids is 1. The minimum atomic E-state index is -0.814. The second-order valence-corrected chi connectivity index (χ2v) is 11.7. The lowest BCUT2D eigenvalue weighted by Crippen LogP contribution is -2.63. The highest BCUT2D eigenvalue weighted by Gasteiger charge is 2.67. The molecule has 0 aromatic rings. The molecule has 0 radical (unpaired) electrons. The molecule has 0 aromatic heterocycles. The number of carboxylic acids is 1. The van der Waals surface area contributed by atoms with Gasteiger partial charge in [-0.05, 0) is 80.0 Å². The van der Waals surface area contributed by atoms with Crippen LogP contribution in [0.1, 0.15) is 72.1 Å². The van der Waals surface area contributed by atoms with Gasteiger partial charge in [0, 0.05) is 17.8 Å². The first-order valence-electron chi connectivity index (χ1n) is 12.7. The fourth-order valence-corrected chi connectivity index (χ4v) is 9.17. The standard InChI is InChI=1S/C26H38O8/c1-15(8-23(30)31)18-4-5-19-24-20(11-22(34-14-29)26(18,19)3)25(2)7-6-17(32-12-27)9-16(25)10-21(24)33-13-28/h12-22,24H,4-11H2,1-3H3,(H,30,31)/t15-,16+,17-,18-,19+,20+,21-,22+,24+,25+,26-/m1/s1. The topological polar surface area (TPSA) is 116 Å². The van der Waals surface area contributed by atoms with Gasteiger partial charge in [0.15, 0.2) is 0 Å². The highest BCUT2D eigenvalue weighted by molar-refractivity contribution is 5.67. The van der Waals surface area contributed by atoms with Crippen LogP contribution in [-0.4, -0.2) is 48.8 Å². The fraction of sp³-hybridized carbons (Fsp3) is 0.846. The van der Waals surface area contributed by atoms with Crippen LogP contribution in [0.2, 0.25) is 0 Å². The van der Waals surface area contributed by atoms with E-state index in [1.54, 1.807) is 0 Å². The number of carboxylic acid groups (broad SMARTS) is 1. The van der Waals surface area contributed by atoms with Crippen molar-refractivity contribution in [2.75, 3.05) is 0 Å². The fourth-order valence-electron chi connectivity index (χ4n) is 9.17. The lowest BCUT2D eigenvalue weighted by Gasteiger charge is -2.64. The molecule has 0 amide bonds. The third kappa shape index (κ3) is 3.91. The Balaban J connectivity index is 1.71. The average molecular weight is 479 g/mol. The van der Waals surface area contributed by atoms with E-state index in [1.165, 1.54) is 0 Å². The van der Waals surface area contributed by atoms with Gasteiger partial charge in [-0.15, -0.1) is 0 Å². The SMILES string of the molecule is C[C@H](CC(=O)O)[C@H]1CC[C@H]2[C@@H]3[C@H](OC=O)C[C@@H]4C[C@H](OC=O)CC[C@]4(C)[C@H]3C[C@H](OC=O)[C@]12C. The summed E-state index contributed by atoms with van der Waals surface area (Å²) in [6.45, 7) is 8.08. The van der Waals surface area contributed by atoms with Crippen molar-refractivity contribution in [1.82, 2.24) is 0 Å². The van der Waals surface area contributed by atoms with Crippen LogP contribution in [0.5, 0.6) is 0 Å². The van der Waals surface area contributed by atoms with Gasteiger partial charge in [0.2, 0.25) is 0 Å². The Labute approximate surface area is 201 Å². The summed E-state index contributed by atoms with van der Waals surface area (Å²) in [7, 11) is 0. The molecular formula is C26H38O8. The summed E-state index contributed by atoms with van der Waals surface area (Å²) < 4.78 is 16.9. The van der Waals surface area contributed by atoms with Crippen molar-refractivity contribution in [3.63, 3.8) is 0 Å². The first-order valence-corrected chi connectivity index (χ1v) is 12.7. The average Bonchev–Trinajstić information content (AvgIpc) is 3.13. The van der Waals surface area contributed by atoms with Crippen LogP contribution in [-0.2, 0) is 33.4 Å². The minimum Gasteiger partial charge on any atom is -0.481 e. The van der Waals surface area contributed by atoms with E-state index in [1.807, 2.05) is 6.92 Å². The molecule has 0 aliphatic heterocycles. The van der Waals surface area contributed by atoms with Gasteiger partial charge >= 0.3 is 5.97 Å². The first kappa shape index (κ1) is 25.0. The van der Waals surface area contributed by atoms with Gasteiger partial charge in [0.05, 0.1) is 0 Å². The van der Waals surface area contributed by atoms with Gasteiger partial charge in [-0.1, -0.05) is 20.8 Å². The maximum absolute atomic E-state index is 11.6. The Kier molecular flexibility index (Phi) is 6.98. The molecule has 8 nitrogen and oxygen atoms in total. The van der Waals surface area contributed by atoms with Crippen molar-refractivity contribution in [3.05, 3.63) is 0 Å². The van der Waals surface area contributed by atoms with Crippen LogP contribution in [0.25, 0.3) is 0 Å². The summed E-state index contributed by atoms with van der Waals surface area (Å²) in [6, 6.07) is 0. The Bertz CT molecular complexity index is 800. The number of fused-ring (bicyclic) bond motifs is 5. The van der Waals surface area contributed by atoms with E-state index in [4.69, 9.17) is 14.2 Å². The molecule has 190 valence electrons. The Morgan fingerprint density at radius 3 is 2.32 bits per heavy atom. The zero-order valence-corrected chi connectivity index (χ0v) is 20.4. The molecule has 0 unspecified atom stereocenters. The lowest BCUT2D eigenvalue weighted by atomic mass is 9.43. The molecule has 34 heavy (non-hydrogen) atoms. The normalized spacial score (nSPS) is 46.1. The molecule has 0 aromatic carbocycles. The molecule has 4 aliphatic rings. The third-order valence-corrected chi connectivity index (χ3v) is 10.6. The second-order valence-electron chi connectivity index (χ2n) is 11.7. The van der Waals surface area contributed by atoms with Crippen molar-refractivity contribution < 1.29 is 38.5 Å². The summed E-state index contributed by atoms with van der Waals surface area (Å²) >= 11 is 0. The van der Waals surface area contributed by atoms with Gasteiger partial charge in [-0.3, -0.25) is 19.2 Å². The number of ether oxygens (including phenoxy) is 3. The molecular weight excluding hydrogens is 440 g/mol. The van der Waals surface area contributed by atoms with Crippen LogP contribution < -0.4 is 0 Å². The third-order valence-electron chi connectivity index (χ3n) is 10.6. The molecule has 0 spiro atoms. The first-order chi connectivity index (χ1) is 16.2. The van der Waals surface area contributed by atoms with Crippen molar-refractivity contribution in [2.24, 2.45) is 46.3 Å². The Morgan fingerprint density at radius 1 is 0.971 bits per heavy atom. The highest BCUT2D eigenvalue weighted by atomic mass is 16.5. The summed E-state index contributed by atoms with van der Waals surface area (Å²) in [4.78, 5) is 45.6. The Morgan fingerprint density at radius 2 is 1.68 bits per heavy atom. The summed E-state index contributed by atoms with van der Waals surface area (Å²) in [5.41, 5.74) is -0.408. The van der Waals surface area contributed by atoms with Crippen LogP contribution in [0.4, 0.5) is 0 Å². The Hall–Kier alpha value is -2.12. The molecule has 11 atom stereocenters.